The number of halogens is 3. The summed E-state index contributed by atoms with van der Waals surface area (Å²) in [5.74, 6) is -3.39. The van der Waals surface area contributed by atoms with E-state index in [9.17, 15) is 32.3 Å². The van der Waals surface area contributed by atoms with Crippen LogP contribution in [0.1, 0.15) is 12.0 Å². The third kappa shape index (κ3) is 5.35. The summed E-state index contributed by atoms with van der Waals surface area (Å²) >= 11 is 1.02. The van der Waals surface area contributed by atoms with Gasteiger partial charge in [-0.25, -0.2) is 9.69 Å². The van der Waals surface area contributed by atoms with Crippen LogP contribution < -0.4 is 10.2 Å². The van der Waals surface area contributed by atoms with E-state index >= 15 is 0 Å². The van der Waals surface area contributed by atoms with Gasteiger partial charge in [-0.2, -0.15) is 13.2 Å². The van der Waals surface area contributed by atoms with E-state index in [2.05, 4.69) is 5.32 Å². The third-order valence-corrected chi connectivity index (χ3v) is 5.53. The minimum Gasteiger partial charge on any atom is -0.478 e. The van der Waals surface area contributed by atoms with Crippen molar-refractivity contribution in [2.45, 2.75) is 22.7 Å². The fourth-order valence-electron chi connectivity index (χ4n) is 2.97. The van der Waals surface area contributed by atoms with Gasteiger partial charge in [0.05, 0.1) is 16.5 Å². The molecule has 0 radical (unpaired) electrons. The topological polar surface area (TPSA) is 104 Å². The lowest BCUT2D eigenvalue weighted by Crippen LogP contribution is -2.33. The van der Waals surface area contributed by atoms with Crippen molar-refractivity contribution in [2.75, 3.05) is 10.2 Å². The number of carboxylic acid groups (broad SMARTS) is 1. The van der Waals surface area contributed by atoms with Crippen LogP contribution in [-0.2, 0) is 25.4 Å². The molecule has 1 heterocycles. The van der Waals surface area contributed by atoms with Crippen molar-refractivity contribution >= 4 is 46.8 Å². The van der Waals surface area contributed by atoms with Crippen molar-refractivity contribution in [3.8, 4) is 0 Å². The number of amides is 3. The molecule has 2 aromatic rings. The number of aliphatic carboxylic acids is 1. The number of nitrogens with one attached hydrogen (secondary N) is 1. The van der Waals surface area contributed by atoms with E-state index in [0.717, 1.165) is 30.0 Å². The van der Waals surface area contributed by atoms with Gasteiger partial charge in [-0.15, -0.1) is 11.8 Å². The van der Waals surface area contributed by atoms with Crippen molar-refractivity contribution in [2.24, 2.45) is 0 Å². The van der Waals surface area contributed by atoms with Gasteiger partial charge >= 0.3 is 12.1 Å². The quantitative estimate of drug-likeness (QED) is 0.499. The zero-order valence-corrected chi connectivity index (χ0v) is 16.9. The van der Waals surface area contributed by atoms with E-state index in [1.165, 1.54) is 24.3 Å². The van der Waals surface area contributed by atoms with Gasteiger partial charge in [0.2, 0.25) is 17.7 Å². The van der Waals surface area contributed by atoms with Crippen LogP contribution in [0.3, 0.4) is 0 Å². The molecule has 1 saturated heterocycles. The molecule has 1 fully saturated rings. The van der Waals surface area contributed by atoms with Gasteiger partial charge in [0, 0.05) is 29.2 Å². The minimum atomic E-state index is -4.72. The van der Waals surface area contributed by atoms with Crippen molar-refractivity contribution in [1.29, 1.82) is 0 Å². The number of thioether (sulfide) groups is 1. The highest BCUT2D eigenvalue weighted by Gasteiger charge is 2.44. The van der Waals surface area contributed by atoms with E-state index in [4.69, 9.17) is 5.11 Å². The molecular formula is C21H15F3N2O5S. The first-order valence-corrected chi connectivity index (χ1v) is 9.96. The Hall–Kier alpha value is -3.60. The second-order valence-electron chi connectivity index (χ2n) is 6.58. The fraction of sp³-hybridized carbons (Fsp3) is 0.143. The predicted molar refractivity (Wildman–Crippen MR) is 110 cm³/mol. The summed E-state index contributed by atoms with van der Waals surface area (Å²) in [6.45, 7) is 0. The molecule has 1 atom stereocenters. The normalized spacial score (nSPS) is 16.6. The monoisotopic (exact) mass is 464 g/mol. The molecule has 3 amide bonds. The SMILES string of the molecule is O=C(O)C=CC(=O)Nc1ccc(SC2CC(=O)N(c3ccccc3C(F)(F)F)C2=O)cc1. The van der Waals surface area contributed by atoms with Gasteiger partial charge in [-0.05, 0) is 36.4 Å². The summed E-state index contributed by atoms with van der Waals surface area (Å²) in [6, 6.07) is 10.5. The van der Waals surface area contributed by atoms with Crippen molar-refractivity contribution in [3.05, 3.63) is 66.2 Å². The zero-order valence-electron chi connectivity index (χ0n) is 16.1. The van der Waals surface area contributed by atoms with E-state index in [1.54, 1.807) is 12.1 Å². The summed E-state index contributed by atoms with van der Waals surface area (Å²) in [5, 5.41) is 10.1. The molecule has 2 aromatic carbocycles. The standard InChI is InChI=1S/C21H15F3N2O5S/c22-21(23,24)14-3-1-2-4-15(14)26-18(28)11-16(20(26)31)32-13-7-5-12(6-8-13)25-17(27)9-10-19(29)30/h1-10,16H,11H2,(H,25,27)(H,29,30). The van der Waals surface area contributed by atoms with E-state index in [1.807, 2.05) is 0 Å². The van der Waals surface area contributed by atoms with Crippen LogP contribution in [0.4, 0.5) is 24.5 Å². The molecule has 0 bridgehead atoms. The first-order chi connectivity index (χ1) is 15.1. The van der Waals surface area contributed by atoms with E-state index in [0.29, 0.717) is 21.6 Å². The van der Waals surface area contributed by atoms with Gasteiger partial charge in [0.25, 0.3) is 0 Å². The van der Waals surface area contributed by atoms with Crippen LogP contribution >= 0.6 is 11.8 Å². The number of rotatable bonds is 6. The number of carbonyl (C=O) groups is 4. The highest BCUT2D eigenvalue weighted by Crippen LogP contribution is 2.40. The molecule has 32 heavy (non-hydrogen) atoms. The first-order valence-electron chi connectivity index (χ1n) is 9.08. The minimum absolute atomic E-state index is 0.256. The number of hydrogen-bond acceptors (Lipinski definition) is 5. The molecule has 0 aliphatic carbocycles. The number of carbonyl (C=O) groups excluding carboxylic acids is 3. The number of alkyl halides is 3. The van der Waals surface area contributed by atoms with Crippen molar-refractivity contribution < 1.29 is 37.5 Å². The largest absolute Gasteiger partial charge is 0.478 e. The summed E-state index contributed by atoms with van der Waals surface area (Å²) in [7, 11) is 0. The maximum atomic E-state index is 13.3. The third-order valence-electron chi connectivity index (χ3n) is 4.33. The van der Waals surface area contributed by atoms with Crippen LogP contribution in [-0.4, -0.2) is 34.0 Å². The molecule has 1 unspecified atom stereocenters. The van der Waals surface area contributed by atoms with Gasteiger partial charge in [-0.3, -0.25) is 14.4 Å². The molecule has 2 N–H and O–H groups in total. The van der Waals surface area contributed by atoms with Gasteiger partial charge in [0.15, 0.2) is 0 Å². The van der Waals surface area contributed by atoms with E-state index in [-0.39, 0.29) is 6.42 Å². The summed E-state index contributed by atoms with van der Waals surface area (Å²) in [5.41, 5.74) is -1.20. The summed E-state index contributed by atoms with van der Waals surface area (Å²) < 4.78 is 39.9. The number of para-hydroxylation sites is 1. The zero-order chi connectivity index (χ0) is 23.5. The second kappa shape index (κ2) is 9.27. The molecule has 3 rings (SSSR count). The van der Waals surface area contributed by atoms with Gasteiger partial charge in [-0.1, -0.05) is 12.1 Å². The van der Waals surface area contributed by atoms with Gasteiger partial charge < -0.3 is 10.4 Å². The number of hydrogen-bond donors (Lipinski definition) is 2. The smallest absolute Gasteiger partial charge is 0.418 e. The summed E-state index contributed by atoms with van der Waals surface area (Å²) in [4.78, 5) is 48.3. The molecule has 0 saturated carbocycles. The number of anilines is 2. The maximum Gasteiger partial charge on any atom is 0.418 e. The highest BCUT2D eigenvalue weighted by molar-refractivity contribution is 8.00. The average molecular weight is 464 g/mol. The van der Waals surface area contributed by atoms with Crippen LogP contribution in [0, 0.1) is 0 Å². The summed E-state index contributed by atoms with van der Waals surface area (Å²) in [6.07, 6.45) is -3.44. The van der Waals surface area contributed by atoms with Crippen LogP contribution in [0.5, 0.6) is 0 Å². The second-order valence-corrected chi connectivity index (χ2v) is 7.85. The number of benzene rings is 2. The Morgan fingerprint density at radius 1 is 1.06 bits per heavy atom. The Kier molecular flexibility index (Phi) is 6.68. The van der Waals surface area contributed by atoms with Crippen molar-refractivity contribution in [3.63, 3.8) is 0 Å². The van der Waals surface area contributed by atoms with Crippen molar-refractivity contribution in [1.82, 2.24) is 0 Å². The lowest BCUT2D eigenvalue weighted by atomic mass is 10.1. The molecule has 1 aliphatic heterocycles. The Balaban J connectivity index is 1.71. The molecule has 0 spiro atoms. The molecule has 7 nitrogen and oxygen atoms in total. The fourth-order valence-corrected chi connectivity index (χ4v) is 4.02. The lowest BCUT2D eigenvalue weighted by Gasteiger charge is -2.20. The lowest BCUT2D eigenvalue weighted by molar-refractivity contribution is -0.137. The molecular weight excluding hydrogens is 449 g/mol. The number of imide groups is 1. The molecule has 1 aliphatic rings. The van der Waals surface area contributed by atoms with Crippen LogP contribution in [0.25, 0.3) is 0 Å². The first kappa shape index (κ1) is 23.1. The van der Waals surface area contributed by atoms with E-state index < -0.39 is 46.4 Å². The Bertz CT molecular complexity index is 1100. The average Bonchev–Trinajstić information content (AvgIpc) is 3.00. The predicted octanol–water partition coefficient (Wildman–Crippen LogP) is 3.71. The highest BCUT2D eigenvalue weighted by atomic mass is 32.2. The van der Waals surface area contributed by atoms with Gasteiger partial charge in [0.1, 0.15) is 0 Å². The molecule has 0 aromatic heterocycles. The van der Waals surface area contributed by atoms with Crippen LogP contribution in [0.15, 0.2) is 65.6 Å². The van der Waals surface area contributed by atoms with Crippen LogP contribution in [0.2, 0.25) is 0 Å². The number of nitrogens with zero attached hydrogens (tertiary/aromatic N) is 1. The number of carboxylic acids is 1. The maximum absolute atomic E-state index is 13.3. The molecule has 166 valence electrons. The Morgan fingerprint density at radius 3 is 2.34 bits per heavy atom. The Labute approximate surface area is 183 Å². The Morgan fingerprint density at radius 2 is 1.72 bits per heavy atom. The molecule has 11 heteroatoms.